The van der Waals surface area contributed by atoms with E-state index in [0.717, 1.165) is 11.1 Å². The molecule has 0 atom stereocenters. The number of hydrogen-bond acceptors (Lipinski definition) is 0. The molecule has 21 heavy (non-hydrogen) atoms. The molecule has 0 nitrogen and oxygen atoms in total. The number of hydrogen-bond donors (Lipinski definition) is 0. The van der Waals surface area contributed by atoms with Gasteiger partial charge in [-0.25, -0.2) is 0 Å². The minimum absolute atomic E-state index is 0. The van der Waals surface area contributed by atoms with E-state index in [4.69, 9.17) is 0 Å². The van der Waals surface area contributed by atoms with Gasteiger partial charge in [-0.2, -0.15) is 0 Å². The first-order valence-electron chi connectivity index (χ1n) is 6.83. The summed E-state index contributed by atoms with van der Waals surface area (Å²) in [7, 11) is 0. The maximum atomic E-state index is 4.11. The molecule has 0 heterocycles. The van der Waals surface area contributed by atoms with E-state index in [0.29, 0.717) is 0 Å². The van der Waals surface area contributed by atoms with Gasteiger partial charge in [0.05, 0.1) is 0 Å². The maximum absolute atomic E-state index is 4.11. The molecule has 2 aromatic carbocycles. The first-order chi connectivity index (χ1) is 9.66. The molecule has 0 saturated carbocycles. The van der Waals surface area contributed by atoms with Crippen LogP contribution in [-0.2, 0) is 0 Å². The van der Waals surface area contributed by atoms with Crippen molar-refractivity contribution in [3.63, 3.8) is 0 Å². The van der Waals surface area contributed by atoms with Crippen molar-refractivity contribution in [2.75, 3.05) is 0 Å². The van der Waals surface area contributed by atoms with E-state index in [-0.39, 0.29) is 7.43 Å². The molecule has 0 N–H and O–H groups in total. The average Bonchev–Trinajstić information content (AvgIpc) is 2.48. The Hall–Kier alpha value is -2.34. The Bertz CT molecular complexity index is 625. The van der Waals surface area contributed by atoms with Crippen molar-refractivity contribution in [2.24, 2.45) is 0 Å². The highest BCUT2D eigenvalue weighted by atomic mass is 14.0. The smallest absolute Gasteiger partial charge is 0.0190 e. The predicted molar refractivity (Wildman–Crippen MR) is 96.2 cm³/mol. The summed E-state index contributed by atoms with van der Waals surface area (Å²) in [6, 6.07) is 18.8. The second-order valence-corrected chi connectivity index (χ2v) is 4.97. The van der Waals surface area contributed by atoms with Crippen molar-refractivity contribution in [2.45, 2.75) is 21.3 Å². The SMILES string of the molecule is C.C=C(/C=C\C=C(/C)c1ccccc1)c1ccc(C)cc1. The van der Waals surface area contributed by atoms with E-state index < -0.39 is 0 Å². The first kappa shape index (κ1) is 16.7. The van der Waals surface area contributed by atoms with Gasteiger partial charge in [0, 0.05) is 0 Å². The van der Waals surface area contributed by atoms with Crippen LogP contribution in [-0.4, -0.2) is 0 Å². The van der Waals surface area contributed by atoms with E-state index in [1.54, 1.807) is 0 Å². The zero-order valence-electron chi connectivity index (χ0n) is 12.1. The summed E-state index contributed by atoms with van der Waals surface area (Å²) < 4.78 is 0. The van der Waals surface area contributed by atoms with E-state index in [9.17, 15) is 0 Å². The lowest BCUT2D eigenvalue weighted by Crippen LogP contribution is -1.80. The van der Waals surface area contributed by atoms with Gasteiger partial charge in [-0.1, -0.05) is 92.4 Å². The third-order valence-corrected chi connectivity index (χ3v) is 3.30. The molecule has 0 aromatic heterocycles. The van der Waals surface area contributed by atoms with E-state index in [1.165, 1.54) is 16.7 Å². The molecule has 0 unspecified atom stereocenters. The second-order valence-electron chi connectivity index (χ2n) is 4.97. The molecule has 0 heteroatoms. The normalized spacial score (nSPS) is 11.2. The zero-order chi connectivity index (χ0) is 14.4. The highest BCUT2D eigenvalue weighted by molar-refractivity contribution is 5.73. The van der Waals surface area contributed by atoms with Crippen LogP contribution in [0.15, 0.2) is 79.4 Å². The van der Waals surface area contributed by atoms with Crippen LogP contribution in [0.25, 0.3) is 11.1 Å². The van der Waals surface area contributed by atoms with Crippen molar-refractivity contribution in [3.05, 3.63) is 96.1 Å². The van der Waals surface area contributed by atoms with Gasteiger partial charge in [-0.3, -0.25) is 0 Å². The van der Waals surface area contributed by atoms with Crippen LogP contribution in [0, 0.1) is 6.92 Å². The van der Waals surface area contributed by atoms with E-state index in [1.807, 2.05) is 6.07 Å². The van der Waals surface area contributed by atoms with Crippen molar-refractivity contribution in [1.82, 2.24) is 0 Å². The Balaban J connectivity index is 0.00000220. The number of rotatable bonds is 4. The molecule has 108 valence electrons. The molecule has 2 aromatic rings. The van der Waals surface area contributed by atoms with Crippen LogP contribution in [0.1, 0.15) is 31.0 Å². The van der Waals surface area contributed by atoms with Crippen molar-refractivity contribution in [1.29, 1.82) is 0 Å². The lowest BCUT2D eigenvalue weighted by Gasteiger charge is -2.01. The van der Waals surface area contributed by atoms with Gasteiger partial charge in [0.25, 0.3) is 0 Å². The standard InChI is InChI=1S/C20H20.CH4/c1-16-12-14-20(15-13-16)18(3)9-7-8-17(2)19-10-5-4-6-11-19;/h4-15H,3H2,1-2H3;1H4/b9-7-,17-8+;. The molecule has 0 bridgehead atoms. The first-order valence-corrected chi connectivity index (χ1v) is 6.83. The molecule has 2 rings (SSSR count). The van der Waals surface area contributed by atoms with Crippen LogP contribution in [0.5, 0.6) is 0 Å². The number of allylic oxidation sites excluding steroid dienone is 5. The fourth-order valence-electron chi connectivity index (χ4n) is 1.97. The molecule has 0 amide bonds. The summed E-state index contributed by atoms with van der Waals surface area (Å²) >= 11 is 0. The van der Waals surface area contributed by atoms with E-state index >= 15 is 0 Å². The van der Waals surface area contributed by atoms with Gasteiger partial charge in [-0.05, 0) is 36.1 Å². The van der Waals surface area contributed by atoms with Gasteiger partial charge in [0.2, 0.25) is 0 Å². The van der Waals surface area contributed by atoms with Gasteiger partial charge in [-0.15, -0.1) is 0 Å². The fraction of sp³-hybridized carbons (Fsp3) is 0.143. The van der Waals surface area contributed by atoms with Crippen LogP contribution in [0.2, 0.25) is 0 Å². The van der Waals surface area contributed by atoms with E-state index in [2.05, 4.69) is 87.2 Å². The second kappa shape index (κ2) is 8.06. The van der Waals surface area contributed by atoms with Gasteiger partial charge in [0.1, 0.15) is 0 Å². The Morgan fingerprint density at radius 3 is 2.14 bits per heavy atom. The van der Waals surface area contributed by atoms with Crippen LogP contribution in [0.4, 0.5) is 0 Å². The summed E-state index contributed by atoms with van der Waals surface area (Å²) in [5.41, 5.74) is 5.96. The minimum Gasteiger partial charge on any atom is -0.0912 e. The molecule has 0 saturated heterocycles. The molecule has 0 aliphatic heterocycles. The Morgan fingerprint density at radius 1 is 0.905 bits per heavy atom. The topological polar surface area (TPSA) is 0 Å². The highest BCUT2D eigenvalue weighted by Gasteiger charge is 1.94. The van der Waals surface area contributed by atoms with Gasteiger partial charge >= 0.3 is 0 Å². The highest BCUT2D eigenvalue weighted by Crippen LogP contribution is 2.16. The third kappa shape index (κ3) is 4.92. The maximum Gasteiger partial charge on any atom is -0.0190 e. The Labute approximate surface area is 129 Å². The van der Waals surface area contributed by atoms with Gasteiger partial charge in [0.15, 0.2) is 0 Å². The quantitative estimate of drug-likeness (QED) is 0.574. The third-order valence-electron chi connectivity index (χ3n) is 3.30. The largest absolute Gasteiger partial charge is 0.0912 e. The lowest BCUT2D eigenvalue weighted by atomic mass is 10.0. The molecular weight excluding hydrogens is 252 g/mol. The molecular formula is C21H24. The summed E-state index contributed by atoms with van der Waals surface area (Å²) in [6.45, 7) is 8.32. The van der Waals surface area contributed by atoms with Crippen molar-refractivity contribution >= 4 is 11.1 Å². The van der Waals surface area contributed by atoms with Crippen LogP contribution in [0.3, 0.4) is 0 Å². The minimum atomic E-state index is 0. The predicted octanol–water partition coefficient (Wildman–Crippen LogP) is 6.30. The van der Waals surface area contributed by atoms with Crippen molar-refractivity contribution < 1.29 is 0 Å². The van der Waals surface area contributed by atoms with Crippen molar-refractivity contribution in [3.8, 4) is 0 Å². The Morgan fingerprint density at radius 2 is 1.52 bits per heavy atom. The molecule has 0 fully saturated rings. The molecule has 0 aliphatic rings. The summed E-state index contributed by atoms with van der Waals surface area (Å²) in [4.78, 5) is 0. The average molecular weight is 276 g/mol. The van der Waals surface area contributed by atoms with Crippen LogP contribution >= 0.6 is 0 Å². The van der Waals surface area contributed by atoms with Crippen LogP contribution < -0.4 is 0 Å². The zero-order valence-corrected chi connectivity index (χ0v) is 12.1. The number of benzene rings is 2. The molecule has 0 spiro atoms. The Kier molecular flexibility index (Phi) is 6.42. The number of aryl methyl sites for hydroxylation is 1. The monoisotopic (exact) mass is 276 g/mol. The molecule has 0 aliphatic carbocycles. The fourth-order valence-corrected chi connectivity index (χ4v) is 1.97. The summed E-state index contributed by atoms with van der Waals surface area (Å²) in [5.74, 6) is 0. The van der Waals surface area contributed by atoms with Gasteiger partial charge < -0.3 is 0 Å². The lowest BCUT2D eigenvalue weighted by molar-refractivity contribution is 1.46. The molecule has 0 radical (unpaired) electrons. The summed E-state index contributed by atoms with van der Waals surface area (Å²) in [6.07, 6.45) is 6.23. The summed E-state index contributed by atoms with van der Waals surface area (Å²) in [5, 5.41) is 0.